The van der Waals surface area contributed by atoms with E-state index in [0.717, 1.165) is 11.4 Å². The van der Waals surface area contributed by atoms with Crippen LogP contribution in [-0.4, -0.2) is 24.8 Å². The van der Waals surface area contributed by atoms with Gasteiger partial charge in [0.2, 0.25) is 0 Å². The zero-order valence-electron chi connectivity index (χ0n) is 8.97. The second-order valence-electron chi connectivity index (χ2n) is 3.16. The van der Waals surface area contributed by atoms with Crippen molar-refractivity contribution in [3.63, 3.8) is 0 Å². The lowest BCUT2D eigenvalue weighted by Crippen LogP contribution is -1.86. The van der Waals surface area contributed by atoms with E-state index in [0.29, 0.717) is 0 Å². The minimum atomic E-state index is 0.961. The number of aryl methyl sites for hydroxylation is 4. The van der Waals surface area contributed by atoms with Gasteiger partial charge in [0.15, 0.2) is 0 Å². The fraction of sp³-hybridized carbons (Fsp3) is 0.444. The summed E-state index contributed by atoms with van der Waals surface area (Å²) in [4.78, 5) is 0. The first kappa shape index (κ1) is 10.4. The first-order valence-corrected chi connectivity index (χ1v) is 4.37. The second-order valence-corrected chi connectivity index (χ2v) is 3.16. The van der Waals surface area contributed by atoms with Crippen molar-refractivity contribution in [1.29, 1.82) is 0 Å². The molecule has 5 heteroatoms. The monoisotopic (exact) mass is 193 g/mol. The van der Waals surface area contributed by atoms with E-state index in [1.807, 2.05) is 46.4 Å². The van der Waals surface area contributed by atoms with Crippen LogP contribution in [0.5, 0.6) is 0 Å². The summed E-state index contributed by atoms with van der Waals surface area (Å²) >= 11 is 0. The summed E-state index contributed by atoms with van der Waals surface area (Å²) in [6.45, 7) is 3.88. The Morgan fingerprint density at radius 2 is 1.79 bits per heavy atom. The third-order valence-corrected chi connectivity index (χ3v) is 1.56. The molecular formula is C9H15N5. The van der Waals surface area contributed by atoms with E-state index in [-0.39, 0.29) is 0 Å². The molecule has 0 saturated heterocycles. The number of nitrogens with zero attached hydrogens (tertiary/aromatic N) is 5. The van der Waals surface area contributed by atoms with Crippen molar-refractivity contribution in [3.05, 3.63) is 29.8 Å². The summed E-state index contributed by atoms with van der Waals surface area (Å²) in [7, 11) is 3.76. The Labute approximate surface area is 83.4 Å². The highest BCUT2D eigenvalue weighted by Crippen LogP contribution is 1.86. The van der Waals surface area contributed by atoms with E-state index in [2.05, 4.69) is 15.4 Å². The summed E-state index contributed by atoms with van der Waals surface area (Å²) < 4.78 is 3.46. The van der Waals surface area contributed by atoms with Crippen molar-refractivity contribution < 1.29 is 0 Å². The van der Waals surface area contributed by atoms with E-state index in [1.54, 1.807) is 9.36 Å². The smallest absolute Gasteiger partial charge is 0.0796 e. The molecule has 0 fully saturated rings. The van der Waals surface area contributed by atoms with Crippen LogP contribution in [0.25, 0.3) is 0 Å². The largest absolute Gasteiger partial charge is 0.276 e. The van der Waals surface area contributed by atoms with E-state index in [1.165, 1.54) is 0 Å². The van der Waals surface area contributed by atoms with Gasteiger partial charge >= 0.3 is 0 Å². The Morgan fingerprint density at radius 3 is 1.93 bits per heavy atom. The average Bonchev–Trinajstić information content (AvgIpc) is 2.63. The number of hydrogen-bond donors (Lipinski definition) is 0. The minimum absolute atomic E-state index is 0.961. The maximum absolute atomic E-state index is 4.03. The minimum Gasteiger partial charge on any atom is -0.276 e. The number of hydrogen-bond acceptors (Lipinski definition) is 3. The zero-order valence-corrected chi connectivity index (χ0v) is 8.97. The van der Waals surface area contributed by atoms with Crippen LogP contribution in [0, 0.1) is 13.8 Å². The van der Waals surface area contributed by atoms with E-state index < -0.39 is 0 Å². The molecule has 0 atom stereocenters. The molecule has 0 aliphatic rings. The Hall–Kier alpha value is -1.65. The third-order valence-electron chi connectivity index (χ3n) is 1.56. The van der Waals surface area contributed by atoms with Crippen LogP contribution >= 0.6 is 0 Å². The molecule has 0 unspecified atom stereocenters. The van der Waals surface area contributed by atoms with Crippen LogP contribution in [0.15, 0.2) is 18.5 Å². The first-order chi connectivity index (χ1) is 6.58. The van der Waals surface area contributed by atoms with Gasteiger partial charge in [-0.25, -0.2) is 0 Å². The topological polar surface area (TPSA) is 48.5 Å². The van der Waals surface area contributed by atoms with Gasteiger partial charge in [0, 0.05) is 26.5 Å². The van der Waals surface area contributed by atoms with Crippen molar-refractivity contribution in [3.8, 4) is 0 Å². The SMILES string of the molecule is Cc1ccn(C)n1.Cc1cn(C)nn1. The number of rotatable bonds is 0. The van der Waals surface area contributed by atoms with Crippen molar-refractivity contribution in [2.45, 2.75) is 13.8 Å². The normalized spacial score (nSPS) is 9.43. The molecule has 5 nitrogen and oxygen atoms in total. The standard InChI is InChI=1S/C5H8N2.C4H7N3/c1-5-3-4-7(2)6-5;1-4-3-7(2)6-5-4/h3-4H,1-2H3;3H,1-2H3. The lowest BCUT2D eigenvalue weighted by atomic mass is 10.5. The highest BCUT2D eigenvalue weighted by atomic mass is 15.4. The summed E-state index contributed by atoms with van der Waals surface area (Å²) in [5, 5.41) is 11.4. The summed E-state index contributed by atoms with van der Waals surface area (Å²) in [5.74, 6) is 0. The van der Waals surface area contributed by atoms with Gasteiger partial charge in [-0.05, 0) is 19.9 Å². The second kappa shape index (κ2) is 4.55. The molecule has 0 saturated carbocycles. The van der Waals surface area contributed by atoms with Crippen LogP contribution < -0.4 is 0 Å². The molecule has 0 N–H and O–H groups in total. The van der Waals surface area contributed by atoms with Crippen LogP contribution in [0.1, 0.15) is 11.4 Å². The first-order valence-electron chi connectivity index (χ1n) is 4.37. The fourth-order valence-corrected chi connectivity index (χ4v) is 0.994. The summed E-state index contributed by atoms with van der Waals surface area (Å²) in [6.07, 6.45) is 3.79. The van der Waals surface area contributed by atoms with Gasteiger partial charge in [-0.15, -0.1) is 5.10 Å². The molecule has 2 heterocycles. The summed E-state index contributed by atoms with van der Waals surface area (Å²) in [5.41, 5.74) is 2.03. The molecule has 2 rings (SSSR count). The predicted molar refractivity (Wildman–Crippen MR) is 53.7 cm³/mol. The third kappa shape index (κ3) is 3.38. The van der Waals surface area contributed by atoms with Gasteiger partial charge in [0.05, 0.1) is 11.4 Å². The molecule has 2 aromatic rings. The molecule has 0 aliphatic carbocycles. The maximum Gasteiger partial charge on any atom is 0.0796 e. The molecule has 0 bridgehead atoms. The van der Waals surface area contributed by atoms with Crippen LogP contribution in [0.3, 0.4) is 0 Å². The van der Waals surface area contributed by atoms with Gasteiger partial charge < -0.3 is 0 Å². The molecule has 0 amide bonds. The Kier molecular flexibility index (Phi) is 3.39. The van der Waals surface area contributed by atoms with Crippen LogP contribution in [0.4, 0.5) is 0 Å². The highest BCUT2D eigenvalue weighted by molar-refractivity contribution is 4.93. The Balaban J connectivity index is 0.000000140. The Bertz CT molecular complexity index is 316. The van der Waals surface area contributed by atoms with Gasteiger partial charge in [-0.1, -0.05) is 5.21 Å². The van der Waals surface area contributed by atoms with Crippen molar-refractivity contribution in [2.24, 2.45) is 14.1 Å². The summed E-state index contributed by atoms with van der Waals surface area (Å²) in [6, 6.07) is 1.97. The lowest BCUT2D eigenvalue weighted by molar-refractivity contribution is 0.714. The predicted octanol–water partition coefficient (Wildman–Crippen LogP) is 0.852. The Morgan fingerprint density at radius 1 is 1.07 bits per heavy atom. The molecule has 2 aromatic heterocycles. The quantitative estimate of drug-likeness (QED) is 0.623. The maximum atomic E-state index is 4.03. The van der Waals surface area contributed by atoms with Crippen LogP contribution in [0.2, 0.25) is 0 Å². The van der Waals surface area contributed by atoms with Gasteiger partial charge in [-0.2, -0.15) is 5.10 Å². The van der Waals surface area contributed by atoms with Gasteiger partial charge in [0.25, 0.3) is 0 Å². The van der Waals surface area contributed by atoms with E-state index >= 15 is 0 Å². The van der Waals surface area contributed by atoms with Gasteiger partial charge in [0.1, 0.15) is 0 Å². The molecule has 14 heavy (non-hydrogen) atoms. The lowest BCUT2D eigenvalue weighted by Gasteiger charge is -1.79. The molecule has 0 radical (unpaired) electrons. The van der Waals surface area contributed by atoms with Gasteiger partial charge in [-0.3, -0.25) is 9.36 Å². The van der Waals surface area contributed by atoms with Crippen molar-refractivity contribution >= 4 is 0 Å². The molecule has 76 valence electrons. The molecule has 0 spiro atoms. The fourth-order valence-electron chi connectivity index (χ4n) is 0.994. The molecule has 0 aliphatic heterocycles. The van der Waals surface area contributed by atoms with Crippen LogP contribution in [-0.2, 0) is 14.1 Å². The van der Waals surface area contributed by atoms with Crippen molar-refractivity contribution in [2.75, 3.05) is 0 Å². The number of aromatic nitrogens is 5. The zero-order chi connectivity index (χ0) is 10.6. The van der Waals surface area contributed by atoms with E-state index in [9.17, 15) is 0 Å². The molecule has 0 aromatic carbocycles. The highest BCUT2D eigenvalue weighted by Gasteiger charge is 1.83. The van der Waals surface area contributed by atoms with Crippen molar-refractivity contribution in [1.82, 2.24) is 24.8 Å². The van der Waals surface area contributed by atoms with E-state index in [4.69, 9.17) is 0 Å². The molecular weight excluding hydrogens is 178 g/mol. The average molecular weight is 193 g/mol.